The first kappa shape index (κ1) is 28.7. The molecule has 4 aromatic rings. The van der Waals surface area contributed by atoms with Crippen LogP contribution in [0.4, 0.5) is 4.39 Å². The summed E-state index contributed by atoms with van der Waals surface area (Å²) < 4.78 is 54.3. The van der Waals surface area contributed by atoms with Gasteiger partial charge in [0.2, 0.25) is 0 Å². The molecule has 0 spiro atoms. The first-order valence-corrected chi connectivity index (χ1v) is 14.3. The number of hydrogen-bond donors (Lipinski definition) is 1. The summed E-state index contributed by atoms with van der Waals surface area (Å²) in [7, 11) is -3.82. The maximum atomic E-state index is 13.5. The standard InChI is InChI=1S/C30H29FN2O6S/c1-21(39-40(2,35)36)27-17-26(29(34)32-18-22-13-15-25(31)16-14-22)28(37-19-23-9-5-3-6-10-23)30(33-27)38-20-24-11-7-4-8-12-24/h3-17,21H,18-20H2,1-2H3,(H,32,34). The predicted molar refractivity (Wildman–Crippen MR) is 148 cm³/mol. The maximum absolute atomic E-state index is 13.5. The van der Waals surface area contributed by atoms with Gasteiger partial charge >= 0.3 is 0 Å². The summed E-state index contributed by atoms with van der Waals surface area (Å²) >= 11 is 0. The first-order chi connectivity index (χ1) is 19.2. The minimum atomic E-state index is -3.82. The van der Waals surface area contributed by atoms with Gasteiger partial charge in [-0.25, -0.2) is 9.37 Å². The number of amides is 1. The number of halogens is 1. The third-order valence-corrected chi connectivity index (χ3v) is 6.39. The summed E-state index contributed by atoms with van der Waals surface area (Å²) in [5, 5.41) is 2.80. The molecule has 0 saturated heterocycles. The van der Waals surface area contributed by atoms with Crippen LogP contribution in [0.1, 0.15) is 45.8 Å². The molecule has 10 heteroatoms. The van der Waals surface area contributed by atoms with Crippen molar-refractivity contribution in [2.45, 2.75) is 32.8 Å². The van der Waals surface area contributed by atoms with Crippen LogP contribution in [0, 0.1) is 5.82 Å². The SMILES string of the molecule is CC(OS(C)(=O)=O)c1cc(C(=O)NCc2ccc(F)cc2)c(OCc2ccccc2)c(OCc2ccccc2)n1. The van der Waals surface area contributed by atoms with Crippen LogP contribution in [0.2, 0.25) is 0 Å². The van der Waals surface area contributed by atoms with Gasteiger partial charge in [0.15, 0.2) is 5.75 Å². The van der Waals surface area contributed by atoms with Gasteiger partial charge in [0.25, 0.3) is 21.9 Å². The van der Waals surface area contributed by atoms with Crippen LogP contribution in [0.25, 0.3) is 0 Å². The minimum absolute atomic E-state index is 0.00756. The highest BCUT2D eigenvalue weighted by atomic mass is 32.2. The van der Waals surface area contributed by atoms with Gasteiger partial charge in [-0.05, 0) is 41.8 Å². The number of benzene rings is 3. The second-order valence-electron chi connectivity index (χ2n) is 9.03. The highest BCUT2D eigenvalue weighted by molar-refractivity contribution is 7.86. The van der Waals surface area contributed by atoms with E-state index in [4.69, 9.17) is 13.7 Å². The summed E-state index contributed by atoms with van der Waals surface area (Å²) in [6.07, 6.45) is -0.0786. The fraction of sp³-hybridized carbons (Fsp3) is 0.200. The lowest BCUT2D eigenvalue weighted by molar-refractivity contribution is 0.0944. The van der Waals surface area contributed by atoms with Gasteiger partial charge in [0.05, 0.1) is 17.5 Å². The van der Waals surface area contributed by atoms with Gasteiger partial charge < -0.3 is 14.8 Å². The lowest BCUT2D eigenvalue weighted by Crippen LogP contribution is -2.24. The predicted octanol–water partition coefficient (Wildman–Crippen LogP) is 5.35. The summed E-state index contributed by atoms with van der Waals surface area (Å²) in [6, 6.07) is 25.9. The van der Waals surface area contributed by atoms with Crippen molar-refractivity contribution in [3.8, 4) is 11.6 Å². The molecule has 0 fully saturated rings. The fourth-order valence-corrected chi connectivity index (χ4v) is 4.41. The van der Waals surface area contributed by atoms with Crippen molar-refractivity contribution in [1.29, 1.82) is 0 Å². The van der Waals surface area contributed by atoms with Crippen molar-refractivity contribution in [2.24, 2.45) is 0 Å². The van der Waals surface area contributed by atoms with E-state index in [1.54, 1.807) is 12.1 Å². The largest absolute Gasteiger partial charge is 0.483 e. The number of carbonyl (C=O) groups is 1. The molecule has 0 radical (unpaired) electrons. The van der Waals surface area contributed by atoms with Gasteiger partial charge in [-0.15, -0.1) is 0 Å². The molecular formula is C30H29FN2O6S. The molecule has 40 heavy (non-hydrogen) atoms. The number of aromatic nitrogens is 1. The zero-order valence-corrected chi connectivity index (χ0v) is 22.9. The van der Waals surface area contributed by atoms with Crippen molar-refractivity contribution >= 4 is 16.0 Å². The van der Waals surface area contributed by atoms with E-state index in [1.807, 2.05) is 60.7 Å². The molecule has 0 aliphatic heterocycles. The number of carbonyl (C=O) groups excluding carboxylic acids is 1. The summed E-state index contributed by atoms with van der Waals surface area (Å²) in [6.45, 7) is 1.87. The molecule has 4 rings (SSSR count). The van der Waals surface area contributed by atoms with Crippen LogP contribution < -0.4 is 14.8 Å². The molecule has 3 aromatic carbocycles. The van der Waals surface area contributed by atoms with Crippen LogP contribution in [0.5, 0.6) is 11.6 Å². The van der Waals surface area contributed by atoms with Crippen LogP contribution in [-0.4, -0.2) is 25.6 Å². The van der Waals surface area contributed by atoms with Crippen molar-refractivity contribution in [3.63, 3.8) is 0 Å². The molecule has 8 nitrogen and oxygen atoms in total. The Balaban J connectivity index is 1.72. The zero-order valence-electron chi connectivity index (χ0n) is 22.0. The van der Waals surface area contributed by atoms with Crippen molar-refractivity contribution in [3.05, 3.63) is 125 Å². The molecule has 1 amide bonds. The highest BCUT2D eigenvalue weighted by Gasteiger charge is 2.25. The van der Waals surface area contributed by atoms with Crippen LogP contribution >= 0.6 is 0 Å². The van der Waals surface area contributed by atoms with Crippen molar-refractivity contribution in [2.75, 3.05) is 6.26 Å². The Morgan fingerprint density at radius 3 is 2.02 bits per heavy atom. The molecule has 1 N–H and O–H groups in total. The molecule has 1 unspecified atom stereocenters. The number of hydrogen-bond acceptors (Lipinski definition) is 7. The Kier molecular flexibility index (Phi) is 9.47. The van der Waals surface area contributed by atoms with E-state index < -0.39 is 22.1 Å². The Morgan fingerprint density at radius 2 is 1.45 bits per heavy atom. The van der Waals surface area contributed by atoms with E-state index >= 15 is 0 Å². The van der Waals surface area contributed by atoms with Crippen LogP contribution in [-0.2, 0) is 34.1 Å². The summed E-state index contributed by atoms with van der Waals surface area (Å²) in [5.41, 5.74) is 2.63. The topological polar surface area (TPSA) is 104 Å². The lowest BCUT2D eigenvalue weighted by Gasteiger charge is -2.19. The van der Waals surface area contributed by atoms with Crippen molar-refractivity contribution in [1.82, 2.24) is 10.3 Å². The second-order valence-corrected chi connectivity index (χ2v) is 10.6. The molecule has 0 aliphatic carbocycles. The highest BCUT2D eigenvalue weighted by Crippen LogP contribution is 2.34. The van der Waals surface area contributed by atoms with Crippen LogP contribution in [0.15, 0.2) is 91.0 Å². The van der Waals surface area contributed by atoms with E-state index in [9.17, 15) is 17.6 Å². The third-order valence-electron chi connectivity index (χ3n) is 5.75. The summed E-state index contributed by atoms with van der Waals surface area (Å²) in [4.78, 5) is 18.0. The smallest absolute Gasteiger partial charge is 0.265 e. The number of rotatable bonds is 12. The van der Waals surface area contributed by atoms with E-state index in [0.717, 1.165) is 17.4 Å². The molecule has 1 heterocycles. The Hall–Kier alpha value is -4.28. The Labute approximate surface area is 232 Å². The summed E-state index contributed by atoms with van der Waals surface area (Å²) in [5.74, 6) is -0.808. The Bertz CT molecular complexity index is 1530. The third kappa shape index (κ3) is 8.36. The second kappa shape index (κ2) is 13.2. The average molecular weight is 565 g/mol. The first-order valence-electron chi connectivity index (χ1n) is 12.5. The van der Waals surface area contributed by atoms with E-state index in [-0.39, 0.29) is 48.5 Å². The van der Waals surface area contributed by atoms with Gasteiger partial charge in [-0.3, -0.25) is 8.98 Å². The van der Waals surface area contributed by atoms with E-state index in [1.165, 1.54) is 25.1 Å². The number of nitrogens with zero attached hydrogens (tertiary/aromatic N) is 1. The Morgan fingerprint density at radius 1 is 0.875 bits per heavy atom. The number of pyridine rings is 1. The normalized spacial score (nSPS) is 12.0. The van der Waals surface area contributed by atoms with E-state index in [0.29, 0.717) is 5.56 Å². The molecular weight excluding hydrogens is 535 g/mol. The van der Waals surface area contributed by atoms with Gasteiger partial charge in [-0.1, -0.05) is 72.8 Å². The monoisotopic (exact) mass is 564 g/mol. The number of ether oxygens (including phenoxy) is 2. The lowest BCUT2D eigenvalue weighted by atomic mass is 10.1. The van der Waals surface area contributed by atoms with Crippen LogP contribution in [0.3, 0.4) is 0 Å². The van der Waals surface area contributed by atoms with Crippen molar-refractivity contribution < 1.29 is 31.3 Å². The molecule has 208 valence electrons. The fourth-order valence-electron chi connectivity index (χ4n) is 3.79. The van der Waals surface area contributed by atoms with E-state index in [2.05, 4.69) is 10.3 Å². The molecule has 1 aromatic heterocycles. The van der Waals surface area contributed by atoms with Gasteiger partial charge in [0, 0.05) is 6.54 Å². The maximum Gasteiger partial charge on any atom is 0.265 e. The molecule has 1 atom stereocenters. The van der Waals surface area contributed by atoms with Gasteiger partial charge in [0.1, 0.15) is 25.1 Å². The molecule has 0 bridgehead atoms. The zero-order chi connectivity index (χ0) is 28.5. The number of nitrogens with one attached hydrogen (secondary N) is 1. The average Bonchev–Trinajstić information content (AvgIpc) is 2.94. The quantitative estimate of drug-likeness (QED) is 0.232. The molecule has 0 aliphatic rings. The molecule has 0 saturated carbocycles. The van der Waals surface area contributed by atoms with Gasteiger partial charge in [-0.2, -0.15) is 8.42 Å². The minimum Gasteiger partial charge on any atom is -0.483 e.